The van der Waals surface area contributed by atoms with E-state index in [0.717, 1.165) is 42.8 Å². The van der Waals surface area contributed by atoms with Crippen molar-refractivity contribution in [3.8, 4) is 17.1 Å². The number of hydrogen-bond acceptors (Lipinski definition) is 3. The summed E-state index contributed by atoms with van der Waals surface area (Å²) in [5, 5.41) is 0.530. The molecule has 40 heavy (non-hydrogen) atoms. The lowest BCUT2D eigenvalue weighted by atomic mass is 9.88. The Bertz CT molecular complexity index is 1450. The van der Waals surface area contributed by atoms with Gasteiger partial charge in [-0.2, -0.15) is 0 Å². The van der Waals surface area contributed by atoms with E-state index in [1.165, 1.54) is 30.4 Å². The zero-order valence-electron chi connectivity index (χ0n) is 23.1. The van der Waals surface area contributed by atoms with Gasteiger partial charge >= 0.3 is 0 Å². The van der Waals surface area contributed by atoms with E-state index in [1.54, 1.807) is 25.3 Å². The summed E-state index contributed by atoms with van der Waals surface area (Å²) in [4.78, 5) is 21.2. The Hall–Kier alpha value is -3.57. The molecule has 2 aliphatic carbocycles. The molecular weight excluding hydrogens is 518 g/mol. The fourth-order valence-electron chi connectivity index (χ4n) is 6.55. The lowest BCUT2D eigenvalue weighted by molar-refractivity contribution is 0.0690. The quantitative estimate of drug-likeness (QED) is 0.224. The molecule has 0 atom stereocenters. The molecule has 1 saturated carbocycles. The van der Waals surface area contributed by atoms with Crippen LogP contribution in [0.5, 0.6) is 5.75 Å². The van der Waals surface area contributed by atoms with E-state index < -0.39 is 0 Å². The van der Waals surface area contributed by atoms with Crippen molar-refractivity contribution in [3.05, 3.63) is 106 Å². The number of aromatic nitrogens is 2. The maximum Gasteiger partial charge on any atom is 0.258 e. The molecule has 1 amide bonds. The topological polar surface area (TPSA) is 47.4 Å². The minimum Gasteiger partial charge on any atom is -0.496 e. The van der Waals surface area contributed by atoms with Crippen molar-refractivity contribution < 1.29 is 9.53 Å². The highest BCUT2D eigenvalue weighted by Crippen LogP contribution is 2.36. The summed E-state index contributed by atoms with van der Waals surface area (Å²) in [6.45, 7) is 1.20. The fourth-order valence-corrected chi connectivity index (χ4v) is 6.73. The van der Waals surface area contributed by atoms with Crippen molar-refractivity contribution in [2.24, 2.45) is 5.92 Å². The van der Waals surface area contributed by atoms with E-state index >= 15 is 0 Å². The second-order valence-corrected chi connectivity index (χ2v) is 11.6. The summed E-state index contributed by atoms with van der Waals surface area (Å²) < 4.78 is 7.99. The number of rotatable bonds is 8. The average molecular weight is 554 g/mol. The van der Waals surface area contributed by atoms with Crippen molar-refractivity contribution in [1.82, 2.24) is 14.5 Å². The SMILES string of the molecule is COc1ccc(Cl)cc1C(=O)N(Cc1cnc(-c2ccccc2)n1C1Cc2ccccc2C1)CC1CCCCC1. The fraction of sp³-hybridized carbons (Fsp3) is 0.353. The maximum absolute atomic E-state index is 14.2. The molecule has 0 N–H and O–H groups in total. The predicted molar refractivity (Wildman–Crippen MR) is 160 cm³/mol. The van der Waals surface area contributed by atoms with Gasteiger partial charge < -0.3 is 14.2 Å². The molecule has 0 saturated heterocycles. The lowest BCUT2D eigenvalue weighted by Crippen LogP contribution is -2.36. The summed E-state index contributed by atoms with van der Waals surface area (Å²) in [7, 11) is 1.60. The van der Waals surface area contributed by atoms with Gasteiger partial charge in [-0.05, 0) is 60.9 Å². The highest BCUT2D eigenvalue weighted by molar-refractivity contribution is 6.31. The van der Waals surface area contributed by atoms with E-state index in [4.69, 9.17) is 21.3 Å². The second-order valence-electron chi connectivity index (χ2n) is 11.2. The van der Waals surface area contributed by atoms with Crippen molar-refractivity contribution in [1.29, 1.82) is 0 Å². The molecule has 4 aromatic rings. The van der Waals surface area contributed by atoms with Crippen LogP contribution < -0.4 is 4.74 Å². The van der Waals surface area contributed by atoms with Gasteiger partial charge in [0.2, 0.25) is 0 Å². The first-order valence-corrected chi connectivity index (χ1v) is 14.8. The monoisotopic (exact) mass is 553 g/mol. The van der Waals surface area contributed by atoms with E-state index in [1.807, 2.05) is 17.2 Å². The number of benzene rings is 3. The zero-order chi connectivity index (χ0) is 27.5. The standard InChI is InChI=1S/C34H36ClN3O2/c1-40-32-17-16-28(35)20-31(32)34(39)37(22-24-10-4-2-5-11-24)23-30-21-36-33(25-12-6-3-7-13-25)38(30)29-18-26-14-8-9-15-27(26)19-29/h3,6-9,12-17,20-21,24,29H,2,4-5,10-11,18-19,22-23H2,1H3. The number of nitrogens with zero attached hydrogens (tertiary/aromatic N) is 3. The molecule has 6 rings (SSSR count). The van der Waals surface area contributed by atoms with Gasteiger partial charge in [0.1, 0.15) is 11.6 Å². The van der Waals surface area contributed by atoms with Crippen molar-refractivity contribution in [2.75, 3.05) is 13.7 Å². The summed E-state index contributed by atoms with van der Waals surface area (Å²) in [5.74, 6) is 1.95. The van der Waals surface area contributed by atoms with E-state index in [9.17, 15) is 4.79 Å². The molecule has 1 heterocycles. The first-order valence-electron chi connectivity index (χ1n) is 14.4. The van der Waals surface area contributed by atoms with Crippen molar-refractivity contribution in [3.63, 3.8) is 0 Å². The second kappa shape index (κ2) is 11.9. The third-order valence-corrected chi connectivity index (χ3v) is 8.77. The van der Waals surface area contributed by atoms with Gasteiger partial charge in [-0.1, -0.05) is 85.5 Å². The normalized spacial score (nSPS) is 15.7. The van der Waals surface area contributed by atoms with Gasteiger partial charge in [0.15, 0.2) is 0 Å². The molecule has 0 radical (unpaired) electrons. The van der Waals surface area contributed by atoms with Crippen LogP contribution in [-0.2, 0) is 19.4 Å². The van der Waals surface area contributed by atoms with Crippen LogP contribution in [0.15, 0.2) is 79.0 Å². The molecule has 5 nitrogen and oxygen atoms in total. The van der Waals surface area contributed by atoms with Crippen LogP contribution in [0.25, 0.3) is 11.4 Å². The van der Waals surface area contributed by atoms with Crippen LogP contribution in [0.3, 0.4) is 0 Å². The van der Waals surface area contributed by atoms with Crippen LogP contribution in [-0.4, -0.2) is 34.0 Å². The number of carbonyl (C=O) groups is 1. The number of halogens is 1. The van der Waals surface area contributed by atoms with Crippen LogP contribution >= 0.6 is 11.6 Å². The molecule has 6 heteroatoms. The number of fused-ring (bicyclic) bond motifs is 1. The molecule has 0 aliphatic heterocycles. The Kier molecular flexibility index (Phi) is 7.92. The Morgan fingerprint density at radius 1 is 0.975 bits per heavy atom. The summed E-state index contributed by atoms with van der Waals surface area (Å²) in [5.41, 5.74) is 5.44. The molecule has 0 unspecified atom stereocenters. The number of methoxy groups -OCH3 is 1. The highest BCUT2D eigenvalue weighted by Gasteiger charge is 2.30. The van der Waals surface area contributed by atoms with E-state index in [-0.39, 0.29) is 11.9 Å². The summed E-state index contributed by atoms with van der Waals surface area (Å²) in [6, 6.07) is 24.6. The predicted octanol–water partition coefficient (Wildman–Crippen LogP) is 7.77. The number of hydrogen-bond donors (Lipinski definition) is 0. The number of ether oxygens (including phenoxy) is 1. The molecule has 2 aliphatic rings. The van der Waals surface area contributed by atoms with Gasteiger partial charge in [0.25, 0.3) is 5.91 Å². The third kappa shape index (κ3) is 5.53. The van der Waals surface area contributed by atoms with Crippen molar-refractivity contribution >= 4 is 17.5 Å². The first kappa shape index (κ1) is 26.6. The maximum atomic E-state index is 14.2. The van der Waals surface area contributed by atoms with Gasteiger partial charge in [0.05, 0.1) is 31.1 Å². The first-order chi connectivity index (χ1) is 19.6. The van der Waals surface area contributed by atoms with E-state index in [2.05, 4.69) is 53.1 Å². The molecular formula is C34H36ClN3O2. The highest BCUT2D eigenvalue weighted by atomic mass is 35.5. The average Bonchev–Trinajstić information content (AvgIpc) is 3.61. The van der Waals surface area contributed by atoms with Crippen LogP contribution in [0.1, 0.15) is 65.3 Å². The minimum atomic E-state index is -0.0476. The molecule has 0 bridgehead atoms. The van der Waals surface area contributed by atoms with Crippen LogP contribution in [0.4, 0.5) is 0 Å². The summed E-state index contributed by atoms with van der Waals surface area (Å²) in [6.07, 6.45) is 9.93. The van der Waals surface area contributed by atoms with Gasteiger partial charge in [-0.25, -0.2) is 4.98 Å². The molecule has 3 aromatic carbocycles. The zero-order valence-corrected chi connectivity index (χ0v) is 23.8. The molecule has 0 spiro atoms. The minimum absolute atomic E-state index is 0.0476. The van der Waals surface area contributed by atoms with Gasteiger partial charge in [0, 0.05) is 23.2 Å². The Morgan fingerprint density at radius 3 is 2.38 bits per heavy atom. The lowest BCUT2D eigenvalue weighted by Gasteiger charge is -2.31. The van der Waals surface area contributed by atoms with Gasteiger partial charge in [-0.3, -0.25) is 4.79 Å². The molecule has 1 aromatic heterocycles. The van der Waals surface area contributed by atoms with Crippen LogP contribution in [0.2, 0.25) is 5.02 Å². The molecule has 206 valence electrons. The smallest absolute Gasteiger partial charge is 0.258 e. The van der Waals surface area contributed by atoms with E-state index in [0.29, 0.717) is 35.3 Å². The van der Waals surface area contributed by atoms with Crippen molar-refractivity contribution in [2.45, 2.75) is 57.5 Å². The van der Waals surface area contributed by atoms with Gasteiger partial charge in [-0.15, -0.1) is 0 Å². The Morgan fingerprint density at radius 2 is 1.68 bits per heavy atom. The number of imidazole rings is 1. The Balaban J connectivity index is 1.39. The Labute approximate surface area is 241 Å². The largest absolute Gasteiger partial charge is 0.496 e. The number of amides is 1. The summed E-state index contributed by atoms with van der Waals surface area (Å²) >= 11 is 6.36. The number of carbonyl (C=O) groups excluding carboxylic acids is 1. The molecule has 1 fully saturated rings. The van der Waals surface area contributed by atoms with Crippen LogP contribution in [0, 0.1) is 5.92 Å². The third-order valence-electron chi connectivity index (χ3n) is 8.54.